The summed E-state index contributed by atoms with van der Waals surface area (Å²) in [7, 11) is 0. The third kappa shape index (κ3) is 5.08. The van der Waals surface area contributed by atoms with Crippen LogP contribution in [0, 0.1) is 12.8 Å². The Hall–Kier alpha value is -3.27. The van der Waals surface area contributed by atoms with Crippen molar-refractivity contribution in [3.05, 3.63) is 59.1 Å². The Morgan fingerprint density at radius 1 is 1.23 bits per heavy atom. The SMILES string of the molecule is Cc1ccn(-c2cc(NCCNC(=O)C3CC(=O)N(c4cccc(Br)c4)C3)ncn2)n1. The van der Waals surface area contributed by atoms with Crippen LogP contribution in [-0.4, -0.2) is 51.2 Å². The van der Waals surface area contributed by atoms with E-state index in [9.17, 15) is 9.59 Å². The number of hydrogen-bond donors (Lipinski definition) is 2. The van der Waals surface area contributed by atoms with Gasteiger partial charge in [-0.2, -0.15) is 5.10 Å². The zero-order valence-corrected chi connectivity index (χ0v) is 18.5. The van der Waals surface area contributed by atoms with Crippen molar-refractivity contribution in [3.63, 3.8) is 0 Å². The van der Waals surface area contributed by atoms with E-state index in [0.717, 1.165) is 15.9 Å². The number of halogens is 1. The van der Waals surface area contributed by atoms with Gasteiger partial charge in [-0.25, -0.2) is 14.6 Å². The number of nitrogens with one attached hydrogen (secondary N) is 2. The highest BCUT2D eigenvalue weighted by Crippen LogP contribution is 2.27. The fourth-order valence-corrected chi connectivity index (χ4v) is 3.80. The van der Waals surface area contributed by atoms with Gasteiger partial charge in [0, 0.05) is 48.5 Å². The fraction of sp³-hybridized carbons (Fsp3) is 0.286. The van der Waals surface area contributed by atoms with Gasteiger partial charge >= 0.3 is 0 Å². The standard InChI is InChI=1S/C21H22BrN7O2/c1-14-5-8-29(27-14)19-11-18(25-13-26-19)23-6-7-24-21(31)15-9-20(30)28(12-15)17-4-2-3-16(22)10-17/h2-5,8,10-11,13,15H,6-7,9,12H2,1H3,(H,24,31)(H,23,25,26). The molecule has 160 valence electrons. The van der Waals surface area contributed by atoms with Crippen LogP contribution < -0.4 is 15.5 Å². The van der Waals surface area contributed by atoms with E-state index >= 15 is 0 Å². The Morgan fingerprint density at radius 2 is 2.10 bits per heavy atom. The van der Waals surface area contributed by atoms with Crippen LogP contribution in [0.4, 0.5) is 11.5 Å². The van der Waals surface area contributed by atoms with Crippen LogP contribution >= 0.6 is 15.9 Å². The second-order valence-electron chi connectivity index (χ2n) is 7.27. The lowest BCUT2D eigenvalue weighted by atomic mass is 10.1. The minimum absolute atomic E-state index is 0.0428. The molecule has 0 radical (unpaired) electrons. The molecule has 2 amide bonds. The number of nitrogens with zero attached hydrogens (tertiary/aromatic N) is 5. The Labute approximate surface area is 188 Å². The highest BCUT2D eigenvalue weighted by atomic mass is 79.9. The number of carbonyl (C=O) groups excluding carboxylic acids is 2. The maximum atomic E-state index is 12.5. The van der Waals surface area contributed by atoms with E-state index in [2.05, 4.69) is 41.6 Å². The third-order valence-electron chi connectivity index (χ3n) is 4.96. The van der Waals surface area contributed by atoms with Crippen LogP contribution in [0.1, 0.15) is 12.1 Å². The first-order valence-corrected chi connectivity index (χ1v) is 10.7. The lowest BCUT2D eigenvalue weighted by molar-refractivity contribution is -0.126. The molecule has 1 saturated heterocycles. The van der Waals surface area contributed by atoms with Crippen molar-refractivity contribution in [2.75, 3.05) is 29.9 Å². The summed E-state index contributed by atoms with van der Waals surface area (Å²) in [6.07, 6.45) is 3.51. The molecular weight excluding hydrogens is 462 g/mol. The molecule has 0 aliphatic carbocycles. The van der Waals surface area contributed by atoms with Gasteiger partial charge in [0.1, 0.15) is 12.1 Å². The molecule has 0 spiro atoms. The van der Waals surface area contributed by atoms with E-state index in [1.54, 1.807) is 15.6 Å². The summed E-state index contributed by atoms with van der Waals surface area (Å²) in [5.41, 5.74) is 1.70. The van der Waals surface area contributed by atoms with Gasteiger partial charge in [-0.15, -0.1) is 0 Å². The molecule has 0 bridgehead atoms. The summed E-state index contributed by atoms with van der Waals surface area (Å²) in [5, 5.41) is 10.4. The predicted octanol–water partition coefficient (Wildman–Crippen LogP) is 2.31. The van der Waals surface area contributed by atoms with Gasteiger partial charge in [0.2, 0.25) is 11.8 Å². The second kappa shape index (κ2) is 9.25. The molecule has 3 aromatic rings. The molecule has 2 N–H and O–H groups in total. The maximum Gasteiger partial charge on any atom is 0.227 e. The van der Waals surface area contributed by atoms with Crippen LogP contribution in [-0.2, 0) is 9.59 Å². The van der Waals surface area contributed by atoms with E-state index in [4.69, 9.17) is 0 Å². The van der Waals surface area contributed by atoms with Crippen LogP contribution in [0.2, 0.25) is 0 Å². The van der Waals surface area contributed by atoms with Gasteiger partial charge in [-0.05, 0) is 31.2 Å². The molecule has 1 aliphatic rings. The Kier molecular flexibility index (Phi) is 6.26. The van der Waals surface area contributed by atoms with Crippen LogP contribution in [0.5, 0.6) is 0 Å². The number of benzene rings is 1. The molecular formula is C21H22BrN7O2. The summed E-state index contributed by atoms with van der Waals surface area (Å²) >= 11 is 3.42. The largest absolute Gasteiger partial charge is 0.368 e. The maximum absolute atomic E-state index is 12.5. The van der Waals surface area contributed by atoms with Crippen molar-refractivity contribution >= 4 is 39.2 Å². The van der Waals surface area contributed by atoms with Gasteiger partial charge in [-0.1, -0.05) is 22.0 Å². The Morgan fingerprint density at radius 3 is 2.87 bits per heavy atom. The lowest BCUT2D eigenvalue weighted by Gasteiger charge is -2.17. The third-order valence-corrected chi connectivity index (χ3v) is 5.45. The molecule has 1 aromatic carbocycles. The quantitative estimate of drug-likeness (QED) is 0.499. The fourth-order valence-electron chi connectivity index (χ4n) is 3.41. The molecule has 4 rings (SSSR count). The summed E-state index contributed by atoms with van der Waals surface area (Å²) in [6, 6.07) is 11.2. The Bertz CT molecular complexity index is 1100. The topological polar surface area (TPSA) is 105 Å². The monoisotopic (exact) mass is 483 g/mol. The molecule has 0 saturated carbocycles. The second-order valence-corrected chi connectivity index (χ2v) is 8.18. The van der Waals surface area contributed by atoms with Crippen LogP contribution in [0.3, 0.4) is 0 Å². The highest BCUT2D eigenvalue weighted by molar-refractivity contribution is 9.10. The van der Waals surface area contributed by atoms with E-state index in [-0.39, 0.29) is 24.2 Å². The average Bonchev–Trinajstić information content (AvgIpc) is 3.37. The summed E-state index contributed by atoms with van der Waals surface area (Å²) < 4.78 is 2.57. The normalized spacial score (nSPS) is 15.9. The molecule has 2 aromatic heterocycles. The smallest absolute Gasteiger partial charge is 0.227 e. The van der Waals surface area contributed by atoms with Crippen molar-refractivity contribution in [1.29, 1.82) is 0 Å². The molecule has 1 fully saturated rings. The van der Waals surface area contributed by atoms with Crippen molar-refractivity contribution in [2.24, 2.45) is 5.92 Å². The minimum atomic E-state index is -0.361. The number of hydrogen-bond acceptors (Lipinski definition) is 6. The molecule has 1 atom stereocenters. The molecule has 31 heavy (non-hydrogen) atoms. The first kappa shape index (κ1) is 21.0. The number of anilines is 2. The van der Waals surface area contributed by atoms with Crippen molar-refractivity contribution in [3.8, 4) is 5.82 Å². The van der Waals surface area contributed by atoms with Crippen LogP contribution in [0.15, 0.2) is 53.4 Å². The average molecular weight is 484 g/mol. The molecule has 9 nitrogen and oxygen atoms in total. The number of rotatable bonds is 7. The summed E-state index contributed by atoms with van der Waals surface area (Å²) in [6.45, 7) is 3.21. The van der Waals surface area contributed by atoms with Gasteiger partial charge in [0.25, 0.3) is 0 Å². The van der Waals surface area contributed by atoms with Gasteiger partial charge in [0.05, 0.1) is 11.6 Å². The molecule has 1 aliphatic heterocycles. The van der Waals surface area contributed by atoms with Crippen molar-refractivity contribution in [2.45, 2.75) is 13.3 Å². The predicted molar refractivity (Wildman–Crippen MR) is 120 cm³/mol. The number of carbonyl (C=O) groups is 2. The van der Waals surface area contributed by atoms with Gasteiger partial charge < -0.3 is 15.5 Å². The molecule has 10 heteroatoms. The summed E-state index contributed by atoms with van der Waals surface area (Å²) in [5.74, 6) is 0.776. The minimum Gasteiger partial charge on any atom is -0.368 e. The Balaban J connectivity index is 1.26. The van der Waals surface area contributed by atoms with E-state index in [1.165, 1.54) is 6.33 Å². The van der Waals surface area contributed by atoms with Gasteiger partial charge in [0.15, 0.2) is 5.82 Å². The molecule has 1 unspecified atom stereocenters. The van der Waals surface area contributed by atoms with Gasteiger partial charge in [-0.3, -0.25) is 9.59 Å². The number of aromatic nitrogens is 4. The number of aryl methyl sites for hydroxylation is 1. The zero-order chi connectivity index (χ0) is 21.8. The zero-order valence-electron chi connectivity index (χ0n) is 17.0. The van der Waals surface area contributed by atoms with E-state index in [1.807, 2.05) is 43.5 Å². The lowest BCUT2D eigenvalue weighted by Crippen LogP contribution is -2.35. The highest BCUT2D eigenvalue weighted by Gasteiger charge is 2.34. The van der Waals surface area contributed by atoms with Crippen LogP contribution in [0.25, 0.3) is 5.82 Å². The first-order chi connectivity index (χ1) is 15.0. The first-order valence-electron chi connectivity index (χ1n) is 9.92. The van der Waals surface area contributed by atoms with Crippen molar-refractivity contribution in [1.82, 2.24) is 25.1 Å². The number of amides is 2. The van der Waals surface area contributed by atoms with E-state index < -0.39 is 0 Å². The van der Waals surface area contributed by atoms with E-state index in [0.29, 0.717) is 31.3 Å². The summed E-state index contributed by atoms with van der Waals surface area (Å²) in [4.78, 5) is 35.0. The molecule has 3 heterocycles. The van der Waals surface area contributed by atoms with Crippen molar-refractivity contribution < 1.29 is 9.59 Å².